The zero-order valence-electron chi connectivity index (χ0n) is 22.3. The zero-order chi connectivity index (χ0) is 27.8. The van der Waals surface area contributed by atoms with Gasteiger partial charge in [0.25, 0.3) is 5.91 Å². The van der Waals surface area contributed by atoms with E-state index in [1.165, 1.54) is 50.8 Å². The van der Waals surface area contributed by atoms with Gasteiger partial charge in [0.05, 0.1) is 12.0 Å². The smallest absolute Gasteiger partial charge is 0.260 e. The van der Waals surface area contributed by atoms with Crippen molar-refractivity contribution in [2.45, 2.75) is 62.2 Å². The Morgan fingerprint density at radius 1 is 1.05 bits per heavy atom. The molecule has 0 spiro atoms. The van der Waals surface area contributed by atoms with E-state index in [9.17, 15) is 18.3 Å². The highest BCUT2D eigenvalue weighted by atomic mass is 32.2. The summed E-state index contributed by atoms with van der Waals surface area (Å²) in [7, 11) is -2.74. The summed E-state index contributed by atoms with van der Waals surface area (Å²) in [4.78, 5) is 26.8. The quantitative estimate of drug-likeness (QED) is 0.344. The fraction of sp³-hybridized carbons (Fsp3) is 0.321. The van der Waals surface area contributed by atoms with Gasteiger partial charge in [-0.3, -0.25) is 9.78 Å². The number of rotatable bonds is 8. The first kappa shape index (κ1) is 27.3. The fourth-order valence-corrected chi connectivity index (χ4v) is 6.48. The van der Waals surface area contributed by atoms with Crippen LogP contribution in [0.2, 0.25) is 0 Å². The number of nitrogens with one attached hydrogen (secondary N) is 1. The number of aromatic nitrogens is 3. The first-order valence-electron chi connectivity index (χ1n) is 12.3. The number of carbonyl (C=O) groups excluding carboxylic acids is 1. The first-order valence-corrected chi connectivity index (χ1v) is 13.8. The molecule has 1 amide bonds. The third-order valence-electron chi connectivity index (χ3n) is 6.57. The minimum atomic E-state index is -4.13. The lowest BCUT2D eigenvalue weighted by Crippen LogP contribution is -2.43. The van der Waals surface area contributed by atoms with Crippen molar-refractivity contribution < 1.29 is 23.1 Å². The summed E-state index contributed by atoms with van der Waals surface area (Å²) in [5.74, 6) is -0.345. The van der Waals surface area contributed by atoms with Gasteiger partial charge in [-0.05, 0) is 58.9 Å². The molecule has 3 aromatic heterocycles. The average molecular weight is 537 g/mol. The molecule has 0 aliphatic carbocycles. The summed E-state index contributed by atoms with van der Waals surface area (Å²) in [5, 5.41) is 12.6. The summed E-state index contributed by atoms with van der Waals surface area (Å²) < 4.78 is 33.2. The summed E-state index contributed by atoms with van der Waals surface area (Å²) in [6.45, 7) is 9.08. The van der Waals surface area contributed by atoms with Crippen LogP contribution in [0.5, 0.6) is 5.88 Å². The van der Waals surface area contributed by atoms with Gasteiger partial charge in [-0.2, -0.15) is 0 Å². The average Bonchev–Trinajstić information content (AvgIpc) is 3.29. The highest BCUT2D eigenvalue weighted by Gasteiger charge is 2.41. The molecule has 0 saturated carbocycles. The molecule has 38 heavy (non-hydrogen) atoms. The number of benzene rings is 1. The van der Waals surface area contributed by atoms with Crippen LogP contribution < -0.4 is 4.74 Å². The van der Waals surface area contributed by atoms with Crippen molar-refractivity contribution in [3.63, 3.8) is 0 Å². The largest absolute Gasteiger partial charge is 0.480 e. The van der Waals surface area contributed by atoms with Crippen LogP contribution in [0.1, 0.15) is 56.1 Å². The highest BCUT2D eigenvalue weighted by molar-refractivity contribution is 7.91. The second kappa shape index (κ2) is 10.2. The molecular weight excluding hydrogens is 504 g/mol. The molecule has 0 bridgehead atoms. The zero-order valence-corrected chi connectivity index (χ0v) is 23.1. The molecule has 9 nitrogen and oxygen atoms in total. The Kier molecular flexibility index (Phi) is 7.31. The second-order valence-electron chi connectivity index (χ2n) is 9.78. The number of methoxy groups -OCH3 is 1. The van der Waals surface area contributed by atoms with E-state index >= 15 is 0 Å². The summed E-state index contributed by atoms with van der Waals surface area (Å²) in [6, 6.07) is 11.2. The van der Waals surface area contributed by atoms with Gasteiger partial charge in [-0.15, -0.1) is 0 Å². The lowest BCUT2D eigenvalue weighted by atomic mass is 9.85. The lowest BCUT2D eigenvalue weighted by molar-refractivity contribution is 0.0613. The highest BCUT2D eigenvalue weighted by Crippen LogP contribution is 2.43. The number of amides is 1. The molecule has 4 rings (SSSR count). The lowest BCUT2D eigenvalue weighted by Gasteiger charge is -2.34. The normalized spacial score (nSPS) is 13.6. The Hall–Kier alpha value is -3.76. The maximum Gasteiger partial charge on any atom is 0.260 e. The standard InChI is InChI=1S/C28H32N4O5S/c1-17(2)32(18(3)4)27(33)23-21(13-15-30-25(23)37-6)28(5,34)24-20-11-7-8-12-22(20)31-26(24)38(35,36)19-10-9-14-29-16-19/h7-18,31,34H,1-6H3. The first-order chi connectivity index (χ1) is 17.9. The van der Waals surface area contributed by atoms with Gasteiger partial charge in [-0.1, -0.05) is 18.2 Å². The number of ether oxygens (including phenoxy) is 1. The van der Waals surface area contributed by atoms with Crippen LogP contribution in [0.3, 0.4) is 0 Å². The minimum absolute atomic E-state index is 0.0296. The van der Waals surface area contributed by atoms with E-state index in [-0.39, 0.29) is 50.5 Å². The predicted molar refractivity (Wildman–Crippen MR) is 144 cm³/mol. The van der Waals surface area contributed by atoms with Crippen molar-refractivity contribution in [3.05, 3.63) is 77.7 Å². The Morgan fingerprint density at radius 2 is 1.74 bits per heavy atom. The van der Waals surface area contributed by atoms with Crippen LogP contribution in [0, 0.1) is 0 Å². The van der Waals surface area contributed by atoms with Gasteiger partial charge in [0, 0.05) is 52.7 Å². The second-order valence-corrected chi connectivity index (χ2v) is 11.7. The Morgan fingerprint density at radius 3 is 2.34 bits per heavy atom. The molecular formula is C28H32N4O5S. The number of hydrogen-bond donors (Lipinski definition) is 2. The molecule has 10 heteroatoms. The van der Waals surface area contributed by atoms with Crippen molar-refractivity contribution in [2.24, 2.45) is 0 Å². The molecule has 0 fully saturated rings. The molecule has 4 aromatic rings. The molecule has 1 aromatic carbocycles. The monoisotopic (exact) mass is 536 g/mol. The van der Waals surface area contributed by atoms with E-state index in [2.05, 4.69) is 15.0 Å². The Bertz CT molecular complexity index is 1570. The van der Waals surface area contributed by atoms with Crippen LogP contribution in [0.15, 0.2) is 71.0 Å². The van der Waals surface area contributed by atoms with Crippen LogP contribution in [-0.4, -0.2) is 58.5 Å². The topological polar surface area (TPSA) is 125 Å². The number of nitrogens with zero attached hydrogens (tertiary/aromatic N) is 3. The van der Waals surface area contributed by atoms with Gasteiger partial charge in [0.1, 0.15) is 16.2 Å². The van der Waals surface area contributed by atoms with E-state index in [4.69, 9.17) is 4.74 Å². The van der Waals surface area contributed by atoms with E-state index < -0.39 is 15.4 Å². The maximum absolute atomic E-state index is 14.0. The van der Waals surface area contributed by atoms with Gasteiger partial charge in [0.2, 0.25) is 15.7 Å². The minimum Gasteiger partial charge on any atom is -0.480 e. The number of fused-ring (bicyclic) bond motifs is 1. The van der Waals surface area contributed by atoms with Crippen molar-refractivity contribution in [3.8, 4) is 5.88 Å². The molecule has 200 valence electrons. The molecule has 0 saturated heterocycles. The molecule has 0 aliphatic heterocycles. The summed E-state index contributed by atoms with van der Waals surface area (Å²) >= 11 is 0. The maximum atomic E-state index is 14.0. The molecule has 1 atom stereocenters. The van der Waals surface area contributed by atoms with E-state index in [0.717, 1.165) is 0 Å². The molecule has 1 unspecified atom stereocenters. The predicted octanol–water partition coefficient (Wildman–Crippen LogP) is 4.31. The van der Waals surface area contributed by atoms with E-state index in [0.29, 0.717) is 10.9 Å². The molecule has 3 heterocycles. The number of hydrogen-bond acceptors (Lipinski definition) is 7. The van der Waals surface area contributed by atoms with Crippen LogP contribution in [-0.2, 0) is 15.4 Å². The molecule has 0 aliphatic rings. The third kappa shape index (κ3) is 4.54. The van der Waals surface area contributed by atoms with E-state index in [1.54, 1.807) is 29.2 Å². The van der Waals surface area contributed by atoms with Crippen LogP contribution >= 0.6 is 0 Å². The van der Waals surface area contributed by atoms with Crippen LogP contribution in [0.4, 0.5) is 0 Å². The van der Waals surface area contributed by atoms with Crippen molar-refractivity contribution in [1.29, 1.82) is 0 Å². The fourth-order valence-electron chi connectivity index (χ4n) is 4.96. The van der Waals surface area contributed by atoms with Crippen molar-refractivity contribution >= 4 is 26.6 Å². The Labute approximate surface area is 222 Å². The number of sulfone groups is 1. The van der Waals surface area contributed by atoms with Crippen molar-refractivity contribution in [1.82, 2.24) is 19.9 Å². The number of para-hydroxylation sites is 1. The molecule has 0 radical (unpaired) electrons. The summed E-state index contributed by atoms with van der Waals surface area (Å²) in [6.07, 6.45) is 4.17. The number of carbonyl (C=O) groups is 1. The summed E-state index contributed by atoms with van der Waals surface area (Å²) in [5.41, 5.74) is -1.08. The number of pyridine rings is 2. The number of aliphatic hydroxyl groups is 1. The number of H-pyrrole nitrogens is 1. The van der Waals surface area contributed by atoms with Gasteiger partial charge < -0.3 is 19.7 Å². The van der Waals surface area contributed by atoms with Crippen molar-refractivity contribution in [2.75, 3.05) is 7.11 Å². The third-order valence-corrected chi connectivity index (χ3v) is 8.27. The Balaban J connectivity index is 2.05. The van der Waals surface area contributed by atoms with Gasteiger partial charge in [-0.25, -0.2) is 13.4 Å². The van der Waals surface area contributed by atoms with Gasteiger partial charge in [0.15, 0.2) is 0 Å². The SMILES string of the molecule is COc1nccc(C(C)(O)c2c(S(=O)(=O)c3cccnc3)[nH]c3ccccc23)c1C(=O)N(C(C)C)C(C)C. The van der Waals surface area contributed by atoms with E-state index in [1.807, 2.05) is 27.7 Å². The van der Waals surface area contributed by atoms with Gasteiger partial charge >= 0.3 is 0 Å². The molecule has 2 N–H and O–H groups in total. The number of aromatic amines is 1. The van der Waals surface area contributed by atoms with Crippen LogP contribution in [0.25, 0.3) is 10.9 Å².